The Morgan fingerprint density at radius 2 is 1.82 bits per heavy atom. The van der Waals surface area contributed by atoms with Crippen LogP contribution in [0.2, 0.25) is 0 Å². The van der Waals surface area contributed by atoms with Crippen LogP contribution in [-0.4, -0.2) is 13.1 Å². The molecule has 2 atom stereocenters. The topological polar surface area (TPSA) is 12.0 Å². The maximum atomic E-state index is 3.61. The lowest BCUT2D eigenvalue weighted by molar-refractivity contribution is 0.253. The summed E-state index contributed by atoms with van der Waals surface area (Å²) in [4.78, 5) is 0. The van der Waals surface area contributed by atoms with Crippen molar-refractivity contribution >= 4 is 0 Å². The number of nitrogens with one attached hydrogen (secondary N) is 1. The van der Waals surface area contributed by atoms with E-state index in [-0.39, 0.29) is 0 Å². The van der Waals surface area contributed by atoms with Crippen molar-refractivity contribution < 1.29 is 0 Å². The van der Waals surface area contributed by atoms with Crippen LogP contribution < -0.4 is 5.32 Å². The molecule has 0 amide bonds. The van der Waals surface area contributed by atoms with E-state index in [0.717, 1.165) is 17.8 Å². The first-order valence-corrected chi connectivity index (χ1v) is 6.98. The first kappa shape index (κ1) is 12.6. The van der Waals surface area contributed by atoms with Gasteiger partial charge in [0.25, 0.3) is 0 Å². The summed E-state index contributed by atoms with van der Waals surface area (Å²) in [5.74, 6) is 2.55. The monoisotopic (exact) mass is 231 g/mol. The van der Waals surface area contributed by atoms with Gasteiger partial charge in [-0.05, 0) is 55.7 Å². The second kappa shape index (κ2) is 6.20. The summed E-state index contributed by atoms with van der Waals surface area (Å²) < 4.78 is 0. The summed E-state index contributed by atoms with van der Waals surface area (Å²) in [5.41, 5.74) is 1.49. The molecule has 1 fully saturated rings. The van der Waals surface area contributed by atoms with E-state index in [0.29, 0.717) is 0 Å². The standard InChI is InChI=1S/C16H25N/c1-13(2)8-15-10-16(12-17-11-15)9-14-6-4-3-5-7-14/h3-7,13,15-17H,8-12H2,1-2H3/t15-,16+/m0/s1. The molecule has 2 rings (SSSR count). The van der Waals surface area contributed by atoms with Crippen LogP contribution in [0.15, 0.2) is 30.3 Å². The van der Waals surface area contributed by atoms with E-state index in [2.05, 4.69) is 49.5 Å². The van der Waals surface area contributed by atoms with E-state index >= 15 is 0 Å². The van der Waals surface area contributed by atoms with E-state index in [1.54, 1.807) is 0 Å². The van der Waals surface area contributed by atoms with Gasteiger partial charge < -0.3 is 5.32 Å². The minimum atomic E-state index is 0.829. The van der Waals surface area contributed by atoms with Gasteiger partial charge in [-0.1, -0.05) is 44.2 Å². The van der Waals surface area contributed by atoms with E-state index < -0.39 is 0 Å². The van der Waals surface area contributed by atoms with E-state index in [4.69, 9.17) is 0 Å². The highest BCUT2D eigenvalue weighted by Crippen LogP contribution is 2.25. The molecule has 1 aromatic carbocycles. The molecule has 0 aromatic heterocycles. The van der Waals surface area contributed by atoms with Gasteiger partial charge in [0.05, 0.1) is 0 Å². The molecular formula is C16H25N. The Hall–Kier alpha value is -0.820. The normalized spacial score (nSPS) is 25.1. The molecule has 1 saturated heterocycles. The molecular weight excluding hydrogens is 206 g/mol. The van der Waals surface area contributed by atoms with Crippen molar-refractivity contribution in [3.63, 3.8) is 0 Å². The predicted molar refractivity (Wildman–Crippen MR) is 74.1 cm³/mol. The third-order valence-corrected chi connectivity index (χ3v) is 3.70. The molecule has 0 radical (unpaired) electrons. The minimum Gasteiger partial charge on any atom is -0.316 e. The van der Waals surface area contributed by atoms with Crippen molar-refractivity contribution in [2.75, 3.05) is 13.1 Å². The molecule has 0 aliphatic carbocycles. The quantitative estimate of drug-likeness (QED) is 0.836. The van der Waals surface area contributed by atoms with Gasteiger partial charge in [-0.2, -0.15) is 0 Å². The second-order valence-corrected chi connectivity index (χ2v) is 5.95. The van der Waals surface area contributed by atoms with Crippen molar-refractivity contribution in [3.05, 3.63) is 35.9 Å². The van der Waals surface area contributed by atoms with Crippen LogP contribution in [0.4, 0.5) is 0 Å². The lowest BCUT2D eigenvalue weighted by Crippen LogP contribution is -2.37. The van der Waals surface area contributed by atoms with Gasteiger partial charge in [0, 0.05) is 0 Å². The van der Waals surface area contributed by atoms with Gasteiger partial charge in [-0.15, -0.1) is 0 Å². The van der Waals surface area contributed by atoms with Gasteiger partial charge in [-0.3, -0.25) is 0 Å². The molecule has 1 N–H and O–H groups in total. The predicted octanol–water partition coefficient (Wildman–Crippen LogP) is 3.50. The van der Waals surface area contributed by atoms with Crippen molar-refractivity contribution in [1.29, 1.82) is 0 Å². The zero-order valence-electron chi connectivity index (χ0n) is 11.2. The molecule has 1 nitrogen and oxygen atoms in total. The van der Waals surface area contributed by atoms with Gasteiger partial charge in [0.1, 0.15) is 0 Å². The lowest BCUT2D eigenvalue weighted by atomic mass is 9.82. The first-order chi connectivity index (χ1) is 8.24. The smallest absolute Gasteiger partial charge is 0.00171 e. The van der Waals surface area contributed by atoms with Crippen LogP contribution in [0.25, 0.3) is 0 Å². The zero-order chi connectivity index (χ0) is 12.1. The molecule has 17 heavy (non-hydrogen) atoms. The molecule has 1 aliphatic heterocycles. The van der Waals surface area contributed by atoms with Crippen molar-refractivity contribution in [2.24, 2.45) is 17.8 Å². The molecule has 1 heterocycles. The van der Waals surface area contributed by atoms with Gasteiger partial charge in [-0.25, -0.2) is 0 Å². The summed E-state index contributed by atoms with van der Waals surface area (Å²) in [7, 11) is 0. The average molecular weight is 231 g/mol. The van der Waals surface area contributed by atoms with Crippen LogP contribution >= 0.6 is 0 Å². The van der Waals surface area contributed by atoms with Crippen LogP contribution in [0, 0.1) is 17.8 Å². The maximum absolute atomic E-state index is 3.61. The Morgan fingerprint density at radius 1 is 1.12 bits per heavy atom. The van der Waals surface area contributed by atoms with Crippen molar-refractivity contribution in [1.82, 2.24) is 5.32 Å². The first-order valence-electron chi connectivity index (χ1n) is 6.98. The summed E-state index contributed by atoms with van der Waals surface area (Å²) in [6, 6.07) is 10.9. The molecule has 0 bridgehead atoms. The number of hydrogen-bond donors (Lipinski definition) is 1. The zero-order valence-corrected chi connectivity index (χ0v) is 11.2. The van der Waals surface area contributed by atoms with Crippen molar-refractivity contribution in [3.8, 4) is 0 Å². The van der Waals surface area contributed by atoms with Gasteiger partial charge >= 0.3 is 0 Å². The largest absolute Gasteiger partial charge is 0.316 e. The van der Waals surface area contributed by atoms with Crippen LogP contribution in [0.3, 0.4) is 0 Å². The maximum Gasteiger partial charge on any atom is -0.00171 e. The summed E-state index contributed by atoms with van der Waals surface area (Å²) >= 11 is 0. The highest BCUT2D eigenvalue weighted by Gasteiger charge is 2.22. The molecule has 94 valence electrons. The lowest BCUT2D eigenvalue weighted by Gasteiger charge is -2.31. The molecule has 1 heteroatoms. The summed E-state index contributed by atoms with van der Waals surface area (Å²) in [6.07, 6.45) is 4.01. The molecule has 1 aliphatic rings. The van der Waals surface area contributed by atoms with Crippen molar-refractivity contribution in [2.45, 2.75) is 33.1 Å². The Labute approximate surface area is 106 Å². The number of hydrogen-bond acceptors (Lipinski definition) is 1. The molecule has 0 saturated carbocycles. The van der Waals surface area contributed by atoms with Gasteiger partial charge in [0.2, 0.25) is 0 Å². The second-order valence-electron chi connectivity index (χ2n) is 5.95. The third-order valence-electron chi connectivity index (χ3n) is 3.70. The minimum absolute atomic E-state index is 0.829. The average Bonchev–Trinajstić information content (AvgIpc) is 2.30. The number of benzene rings is 1. The van der Waals surface area contributed by atoms with E-state index in [1.807, 2.05) is 0 Å². The fourth-order valence-corrected chi connectivity index (χ4v) is 3.08. The molecule has 1 aromatic rings. The Bertz CT molecular complexity index is 318. The molecule has 0 spiro atoms. The van der Waals surface area contributed by atoms with E-state index in [1.165, 1.54) is 37.9 Å². The van der Waals surface area contributed by atoms with Crippen LogP contribution in [0.1, 0.15) is 32.3 Å². The Morgan fingerprint density at radius 3 is 2.53 bits per heavy atom. The highest BCUT2D eigenvalue weighted by molar-refractivity contribution is 5.15. The van der Waals surface area contributed by atoms with Crippen LogP contribution in [-0.2, 0) is 6.42 Å². The Kier molecular flexibility index (Phi) is 4.61. The molecule has 0 unspecified atom stereocenters. The number of piperidine rings is 1. The fraction of sp³-hybridized carbons (Fsp3) is 0.625. The fourth-order valence-electron chi connectivity index (χ4n) is 3.08. The third kappa shape index (κ3) is 4.16. The van der Waals surface area contributed by atoms with Crippen LogP contribution in [0.5, 0.6) is 0 Å². The number of rotatable bonds is 4. The summed E-state index contributed by atoms with van der Waals surface area (Å²) in [6.45, 7) is 7.09. The SMILES string of the molecule is CC(C)C[C@@H]1CNC[C@H](Cc2ccccc2)C1. The summed E-state index contributed by atoms with van der Waals surface area (Å²) in [5, 5.41) is 3.61. The van der Waals surface area contributed by atoms with Gasteiger partial charge in [0.15, 0.2) is 0 Å². The van der Waals surface area contributed by atoms with E-state index in [9.17, 15) is 0 Å². The highest BCUT2D eigenvalue weighted by atomic mass is 14.9. The Balaban J connectivity index is 1.85.